The van der Waals surface area contributed by atoms with E-state index in [9.17, 15) is 10.2 Å². The lowest BCUT2D eigenvalue weighted by molar-refractivity contribution is 0.158. The minimum atomic E-state index is -0.129. The van der Waals surface area contributed by atoms with Crippen LogP contribution in [-0.2, 0) is 17.7 Å². The van der Waals surface area contributed by atoms with Crippen LogP contribution < -0.4 is 11.1 Å². The van der Waals surface area contributed by atoms with Crippen molar-refractivity contribution in [1.82, 2.24) is 14.9 Å². The highest BCUT2D eigenvalue weighted by molar-refractivity contribution is 5.54. The van der Waals surface area contributed by atoms with Crippen LogP contribution in [0.4, 0.5) is 11.8 Å². The first kappa shape index (κ1) is 25.6. The van der Waals surface area contributed by atoms with Gasteiger partial charge in [-0.2, -0.15) is 4.98 Å². The van der Waals surface area contributed by atoms with Gasteiger partial charge in [-0.15, -0.1) is 0 Å². The zero-order chi connectivity index (χ0) is 23.7. The number of aromatic nitrogens is 2. The van der Waals surface area contributed by atoms with Crippen molar-refractivity contribution in [2.75, 3.05) is 45.0 Å². The summed E-state index contributed by atoms with van der Waals surface area (Å²) in [5.41, 5.74) is 10.0. The largest absolute Gasteiger partial charge is 0.508 e. The van der Waals surface area contributed by atoms with Gasteiger partial charge in [-0.1, -0.05) is 32.1 Å². The first-order valence-corrected chi connectivity index (χ1v) is 10.9. The third-order valence-electron chi connectivity index (χ3n) is 5.46. The van der Waals surface area contributed by atoms with E-state index in [1.54, 1.807) is 13.2 Å². The first-order chi connectivity index (χ1) is 15.3. The predicted octanol–water partition coefficient (Wildman–Crippen LogP) is 2.87. The number of phenols is 1. The highest BCUT2D eigenvalue weighted by Crippen LogP contribution is 2.28. The van der Waals surface area contributed by atoms with Crippen molar-refractivity contribution in [2.24, 2.45) is 0 Å². The molecule has 0 aliphatic rings. The van der Waals surface area contributed by atoms with Gasteiger partial charge in [0, 0.05) is 37.9 Å². The molecule has 0 aliphatic heterocycles. The molecule has 2 aromatic rings. The maximum absolute atomic E-state index is 10.7. The lowest BCUT2D eigenvalue weighted by atomic mass is 10.00. The van der Waals surface area contributed by atoms with Crippen molar-refractivity contribution in [3.8, 4) is 5.75 Å². The summed E-state index contributed by atoms with van der Waals surface area (Å²) in [6.07, 6.45) is 2.18. The molecular weight excluding hydrogens is 406 g/mol. The molecule has 176 valence electrons. The third kappa shape index (κ3) is 7.19. The lowest BCUT2D eigenvalue weighted by Crippen LogP contribution is -2.25. The molecule has 0 saturated carbocycles. The van der Waals surface area contributed by atoms with E-state index in [2.05, 4.69) is 33.7 Å². The molecular formula is C24H37N5O3. The maximum atomic E-state index is 10.7. The van der Waals surface area contributed by atoms with Gasteiger partial charge in [-0.25, -0.2) is 4.98 Å². The molecule has 0 saturated heterocycles. The van der Waals surface area contributed by atoms with Crippen molar-refractivity contribution in [3.05, 3.63) is 52.7 Å². The van der Waals surface area contributed by atoms with Gasteiger partial charge in [0.1, 0.15) is 11.6 Å². The molecule has 0 aliphatic carbocycles. The van der Waals surface area contributed by atoms with Crippen molar-refractivity contribution in [1.29, 1.82) is 0 Å². The minimum Gasteiger partial charge on any atom is -0.508 e. The number of hydrogen-bond acceptors (Lipinski definition) is 8. The number of aliphatic hydroxyl groups excluding tert-OH is 1. The average Bonchev–Trinajstić information content (AvgIpc) is 2.75. The molecule has 1 heterocycles. The zero-order valence-electron chi connectivity index (χ0n) is 19.7. The SMILES string of the molecule is C=C(CO)C(CCC)Nc1nc(N)nc(C)c1Cc1ccc(CN(C)CCOC)cc1O. The Morgan fingerprint density at radius 2 is 2.09 bits per heavy atom. The molecule has 0 bridgehead atoms. The normalized spacial score (nSPS) is 12.2. The van der Waals surface area contributed by atoms with Crippen LogP contribution in [0.1, 0.15) is 42.1 Å². The van der Waals surface area contributed by atoms with E-state index < -0.39 is 0 Å². The number of aryl methyl sites for hydroxylation is 1. The van der Waals surface area contributed by atoms with Crippen LogP contribution in [0.25, 0.3) is 0 Å². The molecule has 1 aromatic heterocycles. The van der Waals surface area contributed by atoms with Crippen LogP contribution in [0.15, 0.2) is 30.4 Å². The summed E-state index contributed by atoms with van der Waals surface area (Å²) in [6, 6.07) is 5.63. The Labute approximate surface area is 191 Å². The Kier molecular flexibility index (Phi) is 9.90. The van der Waals surface area contributed by atoms with E-state index in [0.29, 0.717) is 24.4 Å². The molecule has 0 radical (unpaired) electrons. The van der Waals surface area contributed by atoms with Gasteiger partial charge in [-0.3, -0.25) is 4.90 Å². The molecule has 8 nitrogen and oxygen atoms in total. The second kappa shape index (κ2) is 12.4. The summed E-state index contributed by atoms with van der Waals surface area (Å²) in [4.78, 5) is 10.9. The van der Waals surface area contributed by atoms with Crippen molar-refractivity contribution in [2.45, 2.75) is 45.7 Å². The summed E-state index contributed by atoms with van der Waals surface area (Å²) >= 11 is 0. The average molecular weight is 444 g/mol. The third-order valence-corrected chi connectivity index (χ3v) is 5.46. The molecule has 0 amide bonds. The number of nitrogen functional groups attached to an aromatic ring is 1. The van der Waals surface area contributed by atoms with Gasteiger partial charge in [-0.05, 0) is 43.2 Å². The first-order valence-electron chi connectivity index (χ1n) is 10.9. The molecule has 32 heavy (non-hydrogen) atoms. The van der Waals surface area contributed by atoms with Crippen molar-refractivity contribution < 1.29 is 14.9 Å². The van der Waals surface area contributed by atoms with Crippen molar-refractivity contribution >= 4 is 11.8 Å². The molecule has 1 atom stereocenters. The Hall–Kier alpha value is -2.68. The van der Waals surface area contributed by atoms with Gasteiger partial charge < -0.3 is 26.0 Å². The van der Waals surface area contributed by atoms with E-state index in [-0.39, 0.29) is 24.3 Å². The number of hydrogen-bond donors (Lipinski definition) is 4. The van der Waals surface area contributed by atoms with Gasteiger partial charge in [0.2, 0.25) is 5.95 Å². The minimum absolute atomic E-state index is 0.104. The maximum Gasteiger partial charge on any atom is 0.222 e. The number of aliphatic hydroxyl groups is 1. The second-order valence-corrected chi connectivity index (χ2v) is 8.17. The fourth-order valence-corrected chi connectivity index (χ4v) is 3.58. The topological polar surface area (TPSA) is 117 Å². The van der Waals surface area contributed by atoms with Gasteiger partial charge in [0.05, 0.1) is 19.3 Å². The van der Waals surface area contributed by atoms with Crippen LogP contribution >= 0.6 is 0 Å². The number of rotatable bonds is 13. The summed E-state index contributed by atoms with van der Waals surface area (Å²) in [5.74, 6) is 1.01. The van der Waals surface area contributed by atoms with Crippen molar-refractivity contribution in [3.63, 3.8) is 0 Å². The monoisotopic (exact) mass is 443 g/mol. The molecule has 0 spiro atoms. The van der Waals surface area contributed by atoms with Gasteiger partial charge in [0.15, 0.2) is 0 Å². The summed E-state index contributed by atoms with van der Waals surface area (Å²) in [7, 11) is 3.70. The van der Waals surface area contributed by atoms with Crippen LogP contribution in [-0.4, -0.2) is 65.0 Å². The van der Waals surface area contributed by atoms with Gasteiger partial charge in [0.25, 0.3) is 0 Å². The smallest absolute Gasteiger partial charge is 0.222 e. The van der Waals surface area contributed by atoms with Crippen LogP contribution in [0, 0.1) is 6.92 Å². The van der Waals surface area contributed by atoms with E-state index in [4.69, 9.17) is 10.5 Å². The standard InChI is InChI=1S/C24H37N5O3/c1-6-7-21(16(2)15-30)27-23-20(17(3)26-24(25)28-23)13-19-9-8-18(12-22(19)31)14-29(4)10-11-32-5/h8-9,12,21,30-31H,2,6-7,10-11,13-15H2,1,3-5H3,(H3,25,26,27,28). The number of aromatic hydroxyl groups is 1. The Morgan fingerprint density at radius 1 is 1.34 bits per heavy atom. The lowest BCUT2D eigenvalue weighted by Gasteiger charge is -2.23. The number of anilines is 2. The zero-order valence-corrected chi connectivity index (χ0v) is 19.7. The fourth-order valence-electron chi connectivity index (χ4n) is 3.58. The number of nitrogens with one attached hydrogen (secondary N) is 1. The van der Waals surface area contributed by atoms with Crippen LogP contribution in [0.3, 0.4) is 0 Å². The number of phenolic OH excluding ortho intramolecular Hbond substituents is 1. The highest BCUT2D eigenvalue weighted by Gasteiger charge is 2.18. The number of likely N-dealkylation sites (N-methyl/N-ethyl adjacent to an activating group) is 1. The predicted molar refractivity (Wildman–Crippen MR) is 129 cm³/mol. The second-order valence-electron chi connectivity index (χ2n) is 8.17. The molecule has 2 rings (SSSR count). The van der Waals surface area contributed by atoms with E-state index in [0.717, 1.165) is 48.3 Å². The Bertz CT molecular complexity index is 903. The Balaban J connectivity index is 2.27. The summed E-state index contributed by atoms with van der Waals surface area (Å²) < 4.78 is 5.12. The van der Waals surface area contributed by atoms with E-state index >= 15 is 0 Å². The summed E-state index contributed by atoms with van der Waals surface area (Å²) in [6.45, 7) is 10.0. The number of ether oxygens (including phenoxy) is 1. The highest BCUT2D eigenvalue weighted by atomic mass is 16.5. The number of nitrogens with zero attached hydrogens (tertiary/aromatic N) is 3. The number of methoxy groups -OCH3 is 1. The van der Waals surface area contributed by atoms with Gasteiger partial charge >= 0.3 is 0 Å². The van der Waals surface area contributed by atoms with E-state index in [1.165, 1.54) is 0 Å². The van der Waals surface area contributed by atoms with Crippen LogP contribution in [0.2, 0.25) is 0 Å². The molecule has 8 heteroatoms. The number of nitrogens with two attached hydrogens (primary N) is 1. The molecule has 1 unspecified atom stereocenters. The molecule has 0 fully saturated rings. The fraction of sp³-hybridized carbons (Fsp3) is 0.500. The number of benzene rings is 1. The van der Waals surface area contributed by atoms with E-state index in [1.807, 2.05) is 26.1 Å². The Morgan fingerprint density at radius 3 is 2.72 bits per heavy atom. The van der Waals surface area contributed by atoms with Crippen LogP contribution in [0.5, 0.6) is 5.75 Å². The quantitative estimate of drug-likeness (QED) is 0.349. The molecule has 1 aromatic carbocycles. The molecule has 5 N–H and O–H groups in total. The summed E-state index contributed by atoms with van der Waals surface area (Å²) in [5, 5.41) is 23.6.